The quantitative estimate of drug-likeness (QED) is 0.823. The Balaban J connectivity index is 2.46. The Morgan fingerprint density at radius 1 is 1.53 bits per heavy atom. The third kappa shape index (κ3) is 4.23. The molecule has 1 atom stereocenters. The molecule has 0 radical (unpaired) electrons. The second kappa shape index (κ2) is 6.45. The fourth-order valence-corrected chi connectivity index (χ4v) is 1.55. The van der Waals surface area contributed by atoms with Gasteiger partial charge in [-0.15, -0.1) is 0 Å². The first-order valence-electron chi connectivity index (χ1n) is 6.07. The maximum Gasteiger partial charge on any atom is 0.237 e. The largest absolute Gasteiger partial charge is 0.465 e. The zero-order valence-corrected chi connectivity index (χ0v) is 11.1. The Hall–Kier alpha value is -1.29. The van der Waals surface area contributed by atoms with E-state index in [0.29, 0.717) is 6.54 Å². The van der Waals surface area contributed by atoms with Crippen molar-refractivity contribution in [3.05, 3.63) is 23.7 Å². The second-order valence-corrected chi connectivity index (χ2v) is 4.39. The Bertz CT molecular complexity index is 360. The average Bonchev–Trinajstić information content (AvgIpc) is 2.70. The normalized spacial score (nSPS) is 12.8. The number of hydrogen-bond donors (Lipinski definition) is 1. The van der Waals surface area contributed by atoms with E-state index in [1.807, 2.05) is 44.9 Å². The van der Waals surface area contributed by atoms with E-state index in [1.165, 1.54) is 0 Å². The van der Waals surface area contributed by atoms with Gasteiger partial charge < -0.3 is 9.73 Å². The molecule has 0 spiro atoms. The molecule has 0 aromatic carbocycles. The topological polar surface area (TPSA) is 45.5 Å². The second-order valence-electron chi connectivity index (χ2n) is 4.39. The van der Waals surface area contributed by atoms with Gasteiger partial charge in [0, 0.05) is 6.54 Å². The van der Waals surface area contributed by atoms with E-state index in [4.69, 9.17) is 4.42 Å². The molecule has 0 aliphatic carbocycles. The van der Waals surface area contributed by atoms with E-state index in [1.54, 1.807) is 0 Å². The van der Waals surface area contributed by atoms with Gasteiger partial charge >= 0.3 is 0 Å². The number of furan rings is 1. The number of carbonyl (C=O) groups is 1. The highest BCUT2D eigenvalue weighted by Gasteiger charge is 2.18. The van der Waals surface area contributed by atoms with Crippen LogP contribution in [0.3, 0.4) is 0 Å². The van der Waals surface area contributed by atoms with Crippen LogP contribution in [-0.2, 0) is 11.3 Å². The van der Waals surface area contributed by atoms with Crippen LogP contribution in [-0.4, -0.2) is 30.4 Å². The summed E-state index contributed by atoms with van der Waals surface area (Å²) < 4.78 is 5.49. The lowest BCUT2D eigenvalue weighted by atomic mass is 10.2. The van der Waals surface area contributed by atoms with E-state index >= 15 is 0 Å². The number of amides is 1. The summed E-state index contributed by atoms with van der Waals surface area (Å²) in [6.07, 6.45) is 0.958. The van der Waals surface area contributed by atoms with Gasteiger partial charge in [0.05, 0.1) is 12.6 Å². The summed E-state index contributed by atoms with van der Waals surface area (Å²) in [6.45, 7) is 7.24. The van der Waals surface area contributed by atoms with Gasteiger partial charge in [-0.3, -0.25) is 9.69 Å². The minimum absolute atomic E-state index is 0.0672. The molecule has 0 unspecified atom stereocenters. The Morgan fingerprint density at radius 3 is 2.76 bits per heavy atom. The van der Waals surface area contributed by atoms with Gasteiger partial charge in [0.1, 0.15) is 11.5 Å². The van der Waals surface area contributed by atoms with Crippen molar-refractivity contribution in [1.29, 1.82) is 0 Å². The number of rotatable bonds is 6. The van der Waals surface area contributed by atoms with Crippen molar-refractivity contribution < 1.29 is 9.21 Å². The molecule has 0 bridgehead atoms. The van der Waals surface area contributed by atoms with Crippen molar-refractivity contribution >= 4 is 5.91 Å². The van der Waals surface area contributed by atoms with Gasteiger partial charge in [0.25, 0.3) is 0 Å². The summed E-state index contributed by atoms with van der Waals surface area (Å²) in [6, 6.07) is 3.74. The highest BCUT2D eigenvalue weighted by atomic mass is 16.3. The fraction of sp³-hybridized carbons (Fsp3) is 0.615. The van der Waals surface area contributed by atoms with Gasteiger partial charge in [-0.05, 0) is 39.4 Å². The van der Waals surface area contributed by atoms with E-state index in [2.05, 4.69) is 5.32 Å². The van der Waals surface area contributed by atoms with Crippen molar-refractivity contribution in [2.24, 2.45) is 0 Å². The molecule has 17 heavy (non-hydrogen) atoms. The molecule has 1 amide bonds. The van der Waals surface area contributed by atoms with E-state index in [0.717, 1.165) is 24.5 Å². The number of nitrogens with one attached hydrogen (secondary N) is 1. The van der Waals surface area contributed by atoms with Gasteiger partial charge in [-0.25, -0.2) is 0 Å². The third-order valence-corrected chi connectivity index (χ3v) is 2.79. The number of likely N-dealkylation sites (N-methyl/N-ethyl adjacent to an activating group) is 1. The van der Waals surface area contributed by atoms with Crippen LogP contribution in [0.5, 0.6) is 0 Å². The predicted molar refractivity (Wildman–Crippen MR) is 67.7 cm³/mol. The van der Waals surface area contributed by atoms with Crippen LogP contribution in [0.15, 0.2) is 16.5 Å². The molecular weight excluding hydrogens is 216 g/mol. The molecule has 96 valence electrons. The third-order valence-electron chi connectivity index (χ3n) is 2.79. The molecule has 1 aromatic rings. The van der Waals surface area contributed by atoms with Crippen molar-refractivity contribution in [2.75, 3.05) is 13.6 Å². The van der Waals surface area contributed by atoms with Crippen LogP contribution in [0, 0.1) is 6.92 Å². The molecule has 0 saturated carbocycles. The van der Waals surface area contributed by atoms with Crippen LogP contribution in [0.4, 0.5) is 0 Å². The van der Waals surface area contributed by atoms with Crippen molar-refractivity contribution in [3.8, 4) is 0 Å². The average molecular weight is 238 g/mol. The lowest BCUT2D eigenvalue weighted by Gasteiger charge is -2.22. The lowest BCUT2D eigenvalue weighted by molar-refractivity contribution is -0.125. The zero-order valence-electron chi connectivity index (χ0n) is 11.1. The number of aryl methyl sites for hydroxylation is 1. The van der Waals surface area contributed by atoms with Crippen molar-refractivity contribution in [1.82, 2.24) is 10.2 Å². The molecule has 0 saturated heterocycles. The molecule has 4 heteroatoms. The molecule has 0 fully saturated rings. The van der Waals surface area contributed by atoms with E-state index in [-0.39, 0.29) is 11.9 Å². The fourth-order valence-electron chi connectivity index (χ4n) is 1.55. The SMILES string of the molecule is CCCNC(=O)[C@H](C)N(C)Cc1ccc(C)o1. The molecule has 1 heterocycles. The molecule has 4 nitrogen and oxygen atoms in total. The maximum absolute atomic E-state index is 11.8. The molecule has 0 aliphatic heterocycles. The van der Waals surface area contributed by atoms with Gasteiger partial charge in [0.15, 0.2) is 0 Å². The molecule has 1 N–H and O–H groups in total. The minimum Gasteiger partial charge on any atom is -0.465 e. The van der Waals surface area contributed by atoms with Gasteiger partial charge in [0.2, 0.25) is 5.91 Å². The summed E-state index contributed by atoms with van der Waals surface area (Å²) in [5.74, 6) is 1.86. The minimum atomic E-state index is -0.146. The standard InChI is InChI=1S/C13H22N2O2/c1-5-8-14-13(16)11(3)15(4)9-12-7-6-10(2)17-12/h6-7,11H,5,8-9H2,1-4H3,(H,14,16)/t11-/m0/s1. The monoisotopic (exact) mass is 238 g/mol. The van der Waals surface area contributed by atoms with Gasteiger partial charge in [-0.2, -0.15) is 0 Å². The number of nitrogens with zero attached hydrogens (tertiary/aromatic N) is 1. The number of hydrogen-bond acceptors (Lipinski definition) is 3. The van der Waals surface area contributed by atoms with Crippen molar-refractivity contribution in [2.45, 2.75) is 39.8 Å². The van der Waals surface area contributed by atoms with E-state index < -0.39 is 0 Å². The van der Waals surface area contributed by atoms with Gasteiger partial charge in [-0.1, -0.05) is 6.92 Å². The summed E-state index contributed by atoms with van der Waals surface area (Å²) in [7, 11) is 1.92. The van der Waals surface area contributed by atoms with Crippen LogP contribution >= 0.6 is 0 Å². The highest BCUT2D eigenvalue weighted by molar-refractivity contribution is 5.81. The number of carbonyl (C=O) groups excluding carboxylic acids is 1. The maximum atomic E-state index is 11.8. The van der Waals surface area contributed by atoms with Crippen molar-refractivity contribution in [3.63, 3.8) is 0 Å². The Labute approximate surface area is 103 Å². The summed E-state index contributed by atoms with van der Waals surface area (Å²) in [4.78, 5) is 13.7. The zero-order chi connectivity index (χ0) is 12.8. The Kier molecular flexibility index (Phi) is 5.22. The molecule has 1 rings (SSSR count). The summed E-state index contributed by atoms with van der Waals surface area (Å²) in [5.41, 5.74) is 0. The van der Waals surface area contributed by atoms with Crippen LogP contribution < -0.4 is 5.32 Å². The highest BCUT2D eigenvalue weighted by Crippen LogP contribution is 2.10. The Morgan fingerprint density at radius 2 is 2.24 bits per heavy atom. The first kappa shape index (κ1) is 13.8. The lowest BCUT2D eigenvalue weighted by Crippen LogP contribution is -2.43. The first-order chi connectivity index (χ1) is 8.04. The molecule has 0 aliphatic rings. The van der Waals surface area contributed by atoms with Crippen LogP contribution in [0.25, 0.3) is 0 Å². The predicted octanol–water partition coefficient (Wildman–Crippen LogP) is 1.93. The smallest absolute Gasteiger partial charge is 0.237 e. The van der Waals surface area contributed by atoms with E-state index in [9.17, 15) is 4.79 Å². The van der Waals surface area contributed by atoms with Crippen LogP contribution in [0.1, 0.15) is 31.8 Å². The van der Waals surface area contributed by atoms with Crippen LogP contribution in [0.2, 0.25) is 0 Å². The summed E-state index contributed by atoms with van der Waals surface area (Å²) >= 11 is 0. The summed E-state index contributed by atoms with van der Waals surface area (Å²) in [5, 5.41) is 2.89. The molecule has 1 aromatic heterocycles. The molecular formula is C13H22N2O2. The first-order valence-corrected chi connectivity index (χ1v) is 6.07.